The molecule has 4 rings (SSSR count). The summed E-state index contributed by atoms with van der Waals surface area (Å²) in [5.74, 6) is -0.947. The van der Waals surface area contributed by atoms with Crippen LogP contribution < -0.4 is 14.9 Å². The Bertz CT molecular complexity index is 1500. The van der Waals surface area contributed by atoms with Crippen LogP contribution in [0.2, 0.25) is 0 Å². The number of benzene rings is 3. The number of hydrogen-bond acceptors (Lipinski definition) is 6. The number of aliphatic imine (C=N–C) groups is 1. The molecule has 0 spiro atoms. The molecule has 0 bridgehead atoms. The SMILES string of the molecule is CC(=O)NCc1ccc(C(=Nc2cccc(N(CCN(C)C)S(C)(=O)=O)c2)C2C(=O)Nc3ccccc32)cc1. The molecular weight excluding hydrogens is 514 g/mol. The molecule has 204 valence electrons. The number of nitrogens with one attached hydrogen (secondary N) is 2. The van der Waals surface area contributed by atoms with Crippen molar-refractivity contribution in [2.45, 2.75) is 19.4 Å². The summed E-state index contributed by atoms with van der Waals surface area (Å²) in [6.07, 6.45) is 1.19. The Balaban J connectivity index is 1.78. The molecule has 0 radical (unpaired) electrons. The lowest BCUT2D eigenvalue weighted by molar-refractivity contribution is -0.119. The first-order valence-electron chi connectivity index (χ1n) is 12.6. The molecule has 0 saturated heterocycles. The predicted molar refractivity (Wildman–Crippen MR) is 155 cm³/mol. The van der Waals surface area contributed by atoms with Gasteiger partial charge in [-0.1, -0.05) is 48.5 Å². The maximum atomic E-state index is 13.2. The number of carbonyl (C=O) groups is 2. The third-order valence-electron chi connectivity index (χ3n) is 6.37. The van der Waals surface area contributed by atoms with E-state index in [-0.39, 0.29) is 11.8 Å². The number of anilines is 2. The third-order valence-corrected chi connectivity index (χ3v) is 7.57. The third kappa shape index (κ3) is 6.90. The minimum absolute atomic E-state index is 0.117. The van der Waals surface area contributed by atoms with Gasteiger partial charge in [-0.25, -0.2) is 8.42 Å². The Morgan fingerprint density at radius 3 is 2.38 bits per heavy atom. The van der Waals surface area contributed by atoms with Gasteiger partial charge in [0.15, 0.2) is 0 Å². The second-order valence-corrected chi connectivity index (χ2v) is 11.7. The lowest BCUT2D eigenvalue weighted by atomic mass is 9.90. The van der Waals surface area contributed by atoms with Crippen LogP contribution in [0, 0.1) is 0 Å². The molecule has 1 heterocycles. The van der Waals surface area contributed by atoms with Crippen LogP contribution in [0.4, 0.5) is 17.1 Å². The highest BCUT2D eigenvalue weighted by atomic mass is 32.2. The summed E-state index contributed by atoms with van der Waals surface area (Å²) < 4.78 is 26.6. The number of likely N-dealkylation sites (N-methyl/N-ethyl adjacent to an activating group) is 1. The van der Waals surface area contributed by atoms with Crippen LogP contribution in [0.5, 0.6) is 0 Å². The fourth-order valence-corrected chi connectivity index (χ4v) is 5.34. The topological polar surface area (TPSA) is 111 Å². The van der Waals surface area contributed by atoms with Gasteiger partial charge in [-0.2, -0.15) is 0 Å². The fraction of sp³-hybridized carbons (Fsp3) is 0.276. The van der Waals surface area contributed by atoms with Crippen molar-refractivity contribution in [3.8, 4) is 0 Å². The van der Waals surface area contributed by atoms with E-state index in [0.29, 0.717) is 36.7 Å². The van der Waals surface area contributed by atoms with E-state index in [0.717, 1.165) is 22.4 Å². The Kier molecular flexibility index (Phi) is 8.47. The largest absolute Gasteiger partial charge is 0.352 e. The normalized spacial score (nSPS) is 15.2. The number of carbonyl (C=O) groups excluding carboxylic acids is 2. The van der Waals surface area contributed by atoms with Gasteiger partial charge in [-0.3, -0.25) is 18.9 Å². The molecule has 0 aliphatic carbocycles. The van der Waals surface area contributed by atoms with E-state index in [1.54, 1.807) is 24.3 Å². The first-order chi connectivity index (χ1) is 18.5. The van der Waals surface area contributed by atoms with Crippen LogP contribution in [-0.4, -0.2) is 64.3 Å². The van der Waals surface area contributed by atoms with Crippen LogP contribution in [0.15, 0.2) is 77.8 Å². The molecule has 1 aliphatic heterocycles. The Labute approximate surface area is 229 Å². The maximum absolute atomic E-state index is 13.2. The first kappa shape index (κ1) is 28.0. The zero-order chi connectivity index (χ0) is 28.2. The summed E-state index contributed by atoms with van der Waals surface area (Å²) in [5.41, 5.74) is 4.79. The quantitative estimate of drug-likeness (QED) is 0.378. The lowest BCUT2D eigenvalue weighted by Gasteiger charge is -2.24. The van der Waals surface area contributed by atoms with Crippen LogP contribution in [-0.2, 0) is 26.2 Å². The zero-order valence-corrected chi connectivity index (χ0v) is 23.3. The van der Waals surface area contributed by atoms with Gasteiger partial charge in [0.25, 0.3) is 0 Å². The molecule has 3 aromatic rings. The zero-order valence-electron chi connectivity index (χ0n) is 22.5. The minimum Gasteiger partial charge on any atom is -0.352 e. The molecule has 1 unspecified atom stereocenters. The van der Waals surface area contributed by atoms with Crippen molar-refractivity contribution in [2.75, 3.05) is 43.1 Å². The van der Waals surface area contributed by atoms with E-state index in [9.17, 15) is 18.0 Å². The molecule has 2 N–H and O–H groups in total. The first-order valence-corrected chi connectivity index (χ1v) is 14.4. The van der Waals surface area contributed by atoms with Crippen LogP contribution in [0.1, 0.15) is 29.5 Å². The molecule has 3 aromatic carbocycles. The molecule has 0 saturated carbocycles. The van der Waals surface area contributed by atoms with E-state index < -0.39 is 15.9 Å². The van der Waals surface area contributed by atoms with Crippen molar-refractivity contribution in [1.82, 2.24) is 10.2 Å². The summed E-state index contributed by atoms with van der Waals surface area (Å²) in [5, 5.41) is 5.73. The molecule has 0 fully saturated rings. The summed E-state index contributed by atoms with van der Waals surface area (Å²) in [6, 6.07) is 22.1. The van der Waals surface area contributed by atoms with Crippen LogP contribution in [0.25, 0.3) is 0 Å². The monoisotopic (exact) mass is 547 g/mol. The van der Waals surface area contributed by atoms with Gasteiger partial charge < -0.3 is 15.5 Å². The van der Waals surface area contributed by atoms with Gasteiger partial charge in [0.1, 0.15) is 5.92 Å². The van der Waals surface area contributed by atoms with E-state index in [1.165, 1.54) is 17.5 Å². The van der Waals surface area contributed by atoms with E-state index in [1.807, 2.05) is 67.5 Å². The number of nitrogens with zero attached hydrogens (tertiary/aromatic N) is 3. The lowest BCUT2D eigenvalue weighted by Crippen LogP contribution is -2.35. The van der Waals surface area contributed by atoms with Gasteiger partial charge in [0.2, 0.25) is 21.8 Å². The highest BCUT2D eigenvalue weighted by Gasteiger charge is 2.35. The van der Waals surface area contributed by atoms with Crippen molar-refractivity contribution in [3.05, 3.63) is 89.5 Å². The van der Waals surface area contributed by atoms with Gasteiger partial charge in [-0.05, 0) is 55.1 Å². The summed E-state index contributed by atoms with van der Waals surface area (Å²) in [6.45, 7) is 2.70. The Morgan fingerprint density at radius 2 is 1.72 bits per heavy atom. The molecule has 2 amide bonds. The number of para-hydroxylation sites is 1. The maximum Gasteiger partial charge on any atom is 0.238 e. The minimum atomic E-state index is -3.53. The number of rotatable bonds is 10. The van der Waals surface area contributed by atoms with Gasteiger partial charge in [0, 0.05) is 32.2 Å². The standard InChI is InChI=1S/C29H33N5O4S/c1-20(35)30-19-21-12-14-22(15-13-21)28(27-25-10-5-6-11-26(25)32-29(27)36)31-23-8-7-9-24(18-23)34(39(4,37)38)17-16-33(2)3/h5-15,18,27H,16-17,19H2,1-4H3,(H,30,35)(H,32,36). The Hall–Kier alpha value is -4.02. The average molecular weight is 548 g/mol. The molecule has 1 atom stereocenters. The molecular formula is C29H33N5O4S. The summed E-state index contributed by atoms with van der Waals surface area (Å²) in [7, 11) is 0.249. The summed E-state index contributed by atoms with van der Waals surface area (Å²) >= 11 is 0. The van der Waals surface area contributed by atoms with E-state index in [4.69, 9.17) is 4.99 Å². The van der Waals surface area contributed by atoms with Crippen LogP contribution in [0.3, 0.4) is 0 Å². The van der Waals surface area contributed by atoms with Gasteiger partial charge >= 0.3 is 0 Å². The molecule has 1 aliphatic rings. The van der Waals surface area contributed by atoms with Crippen LogP contribution >= 0.6 is 0 Å². The molecule has 39 heavy (non-hydrogen) atoms. The second kappa shape index (κ2) is 11.8. The number of sulfonamides is 1. The number of hydrogen-bond donors (Lipinski definition) is 2. The van der Waals surface area contributed by atoms with E-state index in [2.05, 4.69) is 10.6 Å². The van der Waals surface area contributed by atoms with Gasteiger partial charge in [0.05, 0.1) is 23.3 Å². The molecule has 0 aromatic heterocycles. The van der Waals surface area contributed by atoms with Crippen molar-refractivity contribution >= 4 is 44.6 Å². The molecule has 9 nitrogen and oxygen atoms in total. The van der Waals surface area contributed by atoms with E-state index >= 15 is 0 Å². The predicted octanol–water partition coefficient (Wildman–Crippen LogP) is 3.51. The fourth-order valence-electron chi connectivity index (χ4n) is 4.43. The summed E-state index contributed by atoms with van der Waals surface area (Å²) in [4.78, 5) is 31.4. The van der Waals surface area contributed by atoms with Crippen molar-refractivity contribution < 1.29 is 18.0 Å². The average Bonchev–Trinajstić information content (AvgIpc) is 3.21. The Morgan fingerprint density at radius 1 is 1.00 bits per heavy atom. The van der Waals surface area contributed by atoms with Gasteiger partial charge in [-0.15, -0.1) is 0 Å². The molecule has 10 heteroatoms. The van der Waals surface area contributed by atoms with Crippen molar-refractivity contribution in [3.63, 3.8) is 0 Å². The van der Waals surface area contributed by atoms with Crippen molar-refractivity contribution in [2.24, 2.45) is 4.99 Å². The number of amides is 2. The smallest absolute Gasteiger partial charge is 0.238 e. The van der Waals surface area contributed by atoms with Crippen molar-refractivity contribution in [1.29, 1.82) is 0 Å². The highest BCUT2D eigenvalue weighted by Crippen LogP contribution is 2.36. The second-order valence-electron chi connectivity index (χ2n) is 9.77. The number of fused-ring (bicyclic) bond motifs is 1. The highest BCUT2D eigenvalue weighted by molar-refractivity contribution is 7.92.